The van der Waals surface area contributed by atoms with Gasteiger partial charge in [0.1, 0.15) is 0 Å². The van der Waals surface area contributed by atoms with E-state index in [4.69, 9.17) is 23.2 Å². The third kappa shape index (κ3) is 4.87. The summed E-state index contributed by atoms with van der Waals surface area (Å²) in [6, 6.07) is 5.67. The van der Waals surface area contributed by atoms with E-state index in [1.165, 1.54) is 12.8 Å². The zero-order chi connectivity index (χ0) is 11.1. The Balaban J connectivity index is 2.31. The van der Waals surface area contributed by atoms with Gasteiger partial charge in [0, 0.05) is 10.0 Å². The smallest absolute Gasteiger partial charge is 0.0453 e. The standard InChI is InChI=1S/C12H17Cl2N/c1-2-3-7-15-8-6-10-4-5-11(13)9-12(10)14/h4-5,9,15H,2-3,6-8H2,1H3. The highest BCUT2D eigenvalue weighted by molar-refractivity contribution is 6.35. The monoisotopic (exact) mass is 245 g/mol. The lowest BCUT2D eigenvalue weighted by Gasteiger charge is -2.06. The molecule has 3 heteroatoms. The molecule has 0 aliphatic carbocycles. The van der Waals surface area contributed by atoms with Crippen molar-refractivity contribution in [3.05, 3.63) is 33.8 Å². The summed E-state index contributed by atoms with van der Waals surface area (Å²) in [6.45, 7) is 4.25. The van der Waals surface area contributed by atoms with E-state index in [0.717, 1.165) is 30.1 Å². The lowest BCUT2D eigenvalue weighted by atomic mass is 10.1. The van der Waals surface area contributed by atoms with Crippen molar-refractivity contribution in [3.8, 4) is 0 Å². The van der Waals surface area contributed by atoms with Crippen LogP contribution in [0.3, 0.4) is 0 Å². The van der Waals surface area contributed by atoms with Crippen LogP contribution in [-0.2, 0) is 6.42 Å². The van der Waals surface area contributed by atoms with Crippen LogP contribution < -0.4 is 5.32 Å². The Morgan fingerprint density at radius 1 is 1.20 bits per heavy atom. The average molecular weight is 246 g/mol. The van der Waals surface area contributed by atoms with Gasteiger partial charge in [-0.3, -0.25) is 0 Å². The first-order valence-corrected chi connectivity index (χ1v) is 6.14. The molecule has 0 heterocycles. The highest BCUT2D eigenvalue weighted by atomic mass is 35.5. The lowest BCUT2D eigenvalue weighted by molar-refractivity contribution is 0.640. The zero-order valence-corrected chi connectivity index (χ0v) is 10.5. The fourth-order valence-electron chi connectivity index (χ4n) is 1.37. The predicted octanol–water partition coefficient (Wildman–Crippen LogP) is 3.93. The van der Waals surface area contributed by atoms with E-state index >= 15 is 0 Å². The van der Waals surface area contributed by atoms with Gasteiger partial charge in [0.15, 0.2) is 0 Å². The van der Waals surface area contributed by atoms with E-state index in [1.54, 1.807) is 6.07 Å². The van der Waals surface area contributed by atoms with Crippen LogP contribution >= 0.6 is 23.2 Å². The van der Waals surface area contributed by atoms with E-state index < -0.39 is 0 Å². The molecule has 0 amide bonds. The van der Waals surface area contributed by atoms with Crippen LogP contribution in [0.25, 0.3) is 0 Å². The minimum Gasteiger partial charge on any atom is -0.316 e. The fraction of sp³-hybridized carbons (Fsp3) is 0.500. The van der Waals surface area contributed by atoms with Crippen molar-refractivity contribution < 1.29 is 0 Å². The van der Waals surface area contributed by atoms with Gasteiger partial charge in [-0.25, -0.2) is 0 Å². The molecular weight excluding hydrogens is 229 g/mol. The van der Waals surface area contributed by atoms with Crippen molar-refractivity contribution in [2.45, 2.75) is 26.2 Å². The van der Waals surface area contributed by atoms with E-state index in [-0.39, 0.29) is 0 Å². The number of hydrogen-bond acceptors (Lipinski definition) is 1. The Morgan fingerprint density at radius 2 is 2.00 bits per heavy atom. The second kappa shape index (κ2) is 7.10. The molecule has 0 unspecified atom stereocenters. The molecule has 0 saturated heterocycles. The Hall–Kier alpha value is -0.240. The van der Waals surface area contributed by atoms with Crippen molar-refractivity contribution in [2.75, 3.05) is 13.1 Å². The maximum absolute atomic E-state index is 6.06. The molecule has 1 N–H and O–H groups in total. The summed E-state index contributed by atoms with van der Waals surface area (Å²) < 4.78 is 0. The summed E-state index contributed by atoms with van der Waals surface area (Å²) in [5.41, 5.74) is 1.16. The maximum Gasteiger partial charge on any atom is 0.0453 e. The SMILES string of the molecule is CCCCNCCc1ccc(Cl)cc1Cl. The van der Waals surface area contributed by atoms with Crippen LogP contribution in [-0.4, -0.2) is 13.1 Å². The molecule has 0 aliphatic rings. The second-order valence-electron chi connectivity index (χ2n) is 3.59. The Kier molecular flexibility index (Phi) is 6.07. The maximum atomic E-state index is 6.06. The molecule has 15 heavy (non-hydrogen) atoms. The first-order chi connectivity index (χ1) is 7.24. The molecule has 1 aromatic rings. The van der Waals surface area contributed by atoms with Gasteiger partial charge in [0.05, 0.1) is 0 Å². The van der Waals surface area contributed by atoms with Gasteiger partial charge in [0.25, 0.3) is 0 Å². The van der Waals surface area contributed by atoms with Crippen LogP contribution in [0.15, 0.2) is 18.2 Å². The Morgan fingerprint density at radius 3 is 2.67 bits per heavy atom. The van der Waals surface area contributed by atoms with Gasteiger partial charge in [0.2, 0.25) is 0 Å². The van der Waals surface area contributed by atoms with Crippen molar-refractivity contribution in [1.82, 2.24) is 5.32 Å². The topological polar surface area (TPSA) is 12.0 Å². The lowest BCUT2D eigenvalue weighted by Crippen LogP contribution is -2.18. The molecular formula is C12H17Cl2N. The van der Waals surface area contributed by atoms with Crippen molar-refractivity contribution in [1.29, 1.82) is 0 Å². The van der Waals surface area contributed by atoms with Gasteiger partial charge in [-0.2, -0.15) is 0 Å². The molecule has 0 fully saturated rings. The number of nitrogens with one attached hydrogen (secondary N) is 1. The number of benzene rings is 1. The van der Waals surface area contributed by atoms with Crippen LogP contribution in [0.5, 0.6) is 0 Å². The highest BCUT2D eigenvalue weighted by Crippen LogP contribution is 2.20. The van der Waals surface area contributed by atoms with Gasteiger partial charge >= 0.3 is 0 Å². The molecule has 0 aromatic heterocycles. The Bertz CT molecular complexity index is 300. The minimum atomic E-state index is 0.697. The van der Waals surface area contributed by atoms with Gasteiger partial charge in [-0.15, -0.1) is 0 Å². The first-order valence-electron chi connectivity index (χ1n) is 5.38. The van der Waals surface area contributed by atoms with E-state index in [2.05, 4.69) is 12.2 Å². The van der Waals surface area contributed by atoms with Crippen molar-refractivity contribution >= 4 is 23.2 Å². The molecule has 0 spiro atoms. The van der Waals surface area contributed by atoms with Crippen LogP contribution in [0.4, 0.5) is 0 Å². The summed E-state index contributed by atoms with van der Waals surface area (Å²) in [4.78, 5) is 0. The minimum absolute atomic E-state index is 0.697. The van der Waals surface area contributed by atoms with E-state index in [0.29, 0.717) is 5.02 Å². The van der Waals surface area contributed by atoms with E-state index in [9.17, 15) is 0 Å². The molecule has 0 bridgehead atoms. The summed E-state index contributed by atoms with van der Waals surface area (Å²) in [6.07, 6.45) is 3.42. The first kappa shape index (κ1) is 12.8. The summed E-state index contributed by atoms with van der Waals surface area (Å²) >= 11 is 11.9. The molecule has 0 saturated carbocycles. The van der Waals surface area contributed by atoms with Crippen molar-refractivity contribution in [2.24, 2.45) is 0 Å². The van der Waals surface area contributed by atoms with Crippen molar-refractivity contribution in [3.63, 3.8) is 0 Å². The zero-order valence-electron chi connectivity index (χ0n) is 9.02. The number of rotatable bonds is 6. The Labute approximate surface area is 102 Å². The van der Waals surface area contributed by atoms with Crippen LogP contribution in [0.1, 0.15) is 25.3 Å². The molecule has 0 radical (unpaired) electrons. The number of unbranched alkanes of at least 4 members (excludes halogenated alkanes) is 1. The molecule has 0 aliphatic heterocycles. The average Bonchev–Trinajstić information content (AvgIpc) is 2.20. The third-order valence-corrected chi connectivity index (χ3v) is 2.88. The predicted molar refractivity (Wildman–Crippen MR) is 67.9 cm³/mol. The summed E-state index contributed by atoms with van der Waals surface area (Å²) in [5.74, 6) is 0. The van der Waals surface area contributed by atoms with Gasteiger partial charge < -0.3 is 5.32 Å². The number of halogens is 2. The second-order valence-corrected chi connectivity index (χ2v) is 4.43. The fourth-order valence-corrected chi connectivity index (χ4v) is 1.88. The largest absolute Gasteiger partial charge is 0.316 e. The summed E-state index contributed by atoms with van der Waals surface area (Å²) in [5, 5.41) is 4.85. The molecule has 1 rings (SSSR count). The summed E-state index contributed by atoms with van der Waals surface area (Å²) in [7, 11) is 0. The quantitative estimate of drug-likeness (QED) is 0.750. The van der Waals surface area contributed by atoms with Crippen LogP contribution in [0, 0.1) is 0 Å². The third-order valence-electron chi connectivity index (χ3n) is 2.29. The van der Waals surface area contributed by atoms with E-state index in [1.807, 2.05) is 12.1 Å². The normalized spacial score (nSPS) is 10.6. The number of hydrogen-bond donors (Lipinski definition) is 1. The molecule has 1 aromatic carbocycles. The van der Waals surface area contributed by atoms with Gasteiger partial charge in [-0.05, 0) is 43.6 Å². The highest BCUT2D eigenvalue weighted by Gasteiger charge is 2.00. The van der Waals surface area contributed by atoms with Gasteiger partial charge in [-0.1, -0.05) is 42.6 Å². The molecule has 84 valence electrons. The molecule has 0 atom stereocenters. The van der Waals surface area contributed by atoms with Crippen LogP contribution in [0.2, 0.25) is 10.0 Å². The molecule has 1 nitrogen and oxygen atoms in total.